The van der Waals surface area contributed by atoms with Crippen LogP contribution in [0.1, 0.15) is 24.0 Å². The summed E-state index contributed by atoms with van der Waals surface area (Å²) in [6.07, 6.45) is 5.29. The summed E-state index contributed by atoms with van der Waals surface area (Å²) in [4.78, 5) is 25.4. The van der Waals surface area contributed by atoms with Gasteiger partial charge in [0.15, 0.2) is 5.82 Å². The number of carbonyl (C=O) groups is 1. The summed E-state index contributed by atoms with van der Waals surface area (Å²) < 4.78 is 0. The summed E-state index contributed by atoms with van der Waals surface area (Å²) in [5.41, 5.74) is 3.22. The largest absolute Gasteiger partial charge is 0.354 e. The van der Waals surface area contributed by atoms with Gasteiger partial charge in [0.05, 0.1) is 5.92 Å². The number of anilines is 2. The standard InChI is InChI=1S/C24H26N4OS/c1-17-8-10-21(11-9-17)30-24-22(25-12-13-26-24)28-14-4-6-19(16-28)23(29)27-20-7-3-5-18(2)15-20/h3,5,7-13,15,19H,4,6,14,16H2,1-2H3,(H,27,29)/t19-/m1/s1. The summed E-state index contributed by atoms with van der Waals surface area (Å²) >= 11 is 1.61. The summed E-state index contributed by atoms with van der Waals surface area (Å²) in [5.74, 6) is 0.858. The lowest BCUT2D eigenvalue weighted by Crippen LogP contribution is -2.41. The lowest BCUT2D eigenvalue weighted by atomic mass is 9.97. The number of nitrogens with zero attached hydrogens (tertiary/aromatic N) is 3. The molecule has 6 heteroatoms. The van der Waals surface area contributed by atoms with Crippen LogP contribution in [0, 0.1) is 19.8 Å². The van der Waals surface area contributed by atoms with Crippen molar-refractivity contribution >= 4 is 29.2 Å². The molecule has 1 fully saturated rings. The highest BCUT2D eigenvalue weighted by Crippen LogP contribution is 2.34. The zero-order valence-electron chi connectivity index (χ0n) is 17.3. The third kappa shape index (κ3) is 5.00. The molecule has 2 heterocycles. The van der Waals surface area contributed by atoms with E-state index in [2.05, 4.69) is 51.4 Å². The Morgan fingerprint density at radius 3 is 2.67 bits per heavy atom. The quantitative estimate of drug-likeness (QED) is 0.625. The number of carbonyl (C=O) groups excluding carboxylic acids is 1. The molecular formula is C24H26N4OS. The number of aromatic nitrogens is 2. The molecule has 0 bridgehead atoms. The van der Waals surface area contributed by atoms with Gasteiger partial charge < -0.3 is 10.2 Å². The number of rotatable bonds is 5. The second-order valence-corrected chi connectivity index (χ2v) is 8.81. The molecule has 5 nitrogen and oxygen atoms in total. The van der Waals surface area contributed by atoms with E-state index >= 15 is 0 Å². The first-order valence-corrected chi connectivity index (χ1v) is 11.1. The second-order valence-electron chi connectivity index (χ2n) is 7.74. The van der Waals surface area contributed by atoms with Gasteiger partial charge in [-0.2, -0.15) is 0 Å². The van der Waals surface area contributed by atoms with Crippen LogP contribution >= 0.6 is 11.8 Å². The SMILES string of the molecule is Cc1ccc(Sc2nccnc2N2CCC[C@@H](C(=O)Nc3cccc(C)c3)C2)cc1. The van der Waals surface area contributed by atoms with E-state index in [1.807, 2.05) is 31.2 Å². The Morgan fingerprint density at radius 1 is 1.07 bits per heavy atom. The molecule has 154 valence electrons. The maximum atomic E-state index is 12.9. The van der Waals surface area contributed by atoms with Gasteiger partial charge in [-0.05, 0) is 56.5 Å². The molecule has 1 aliphatic heterocycles. The van der Waals surface area contributed by atoms with Gasteiger partial charge >= 0.3 is 0 Å². The average molecular weight is 419 g/mol. The van der Waals surface area contributed by atoms with E-state index in [1.54, 1.807) is 24.2 Å². The Morgan fingerprint density at radius 2 is 1.87 bits per heavy atom. The van der Waals surface area contributed by atoms with Crippen molar-refractivity contribution < 1.29 is 4.79 Å². The van der Waals surface area contributed by atoms with Gasteiger partial charge in [-0.25, -0.2) is 9.97 Å². The Balaban J connectivity index is 1.48. The minimum absolute atomic E-state index is 0.0708. The second kappa shape index (κ2) is 9.30. The fourth-order valence-corrected chi connectivity index (χ4v) is 4.56. The van der Waals surface area contributed by atoms with Crippen molar-refractivity contribution in [1.29, 1.82) is 0 Å². The van der Waals surface area contributed by atoms with Crippen molar-refractivity contribution in [3.63, 3.8) is 0 Å². The van der Waals surface area contributed by atoms with Gasteiger partial charge in [0, 0.05) is 36.1 Å². The van der Waals surface area contributed by atoms with Crippen molar-refractivity contribution in [3.8, 4) is 0 Å². The first kappa shape index (κ1) is 20.4. The van der Waals surface area contributed by atoms with Gasteiger partial charge in [-0.15, -0.1) is 0 Å². The molecule has 0 aliphatic carbocycles. The van der Waals surface area contributed by atoms with Crippen LogP contribution in [0.2, 0.25) is 0 Å². The molecule has 0 saturated carbocycles. The van der Waals surface area contributed by atoms with E-state index in [0.29, 0.717) is 6.54 Å². The fraction of sp³-hybridized carbons (Fsp3) is 0.292. The molecule has 1 N–H and O–H groups in total. The average Bonchev–Trinajstić information content (AvgIpc) is 2.76. The number of amides is 1. The van der Waals surface area contributed by atoms with Crippen molar-refractivity contribution in [2.45, 2.75) is 36.6 Å². The van der Waals surface area contributed by atoms with Crippen molar-refractivity contribution in [1.82, 2.24) is 9.97 Å². The van der Waals surface area contributed by atoms with Crippen molar-refractivity contribution in [2.75, 3.05) is 23.3 Å². The van der Waals surface area contributed by atoms with Crippen LogP contribution in [0.4, 0.5) is 11.5 Å². The summed E-state index contributed by atoms with van der Waals surface area (Å²) in [7, 11) is 0. The van der Waals surface area contributed by atoms with Crippen LogP contribution in [0.15, 0.2) is 70.8 Å². The smallest absolute Gasteiger partial charge is 0.229 e. The molecule has 0 spiro atoms. The number of benzene rings is 2. The minimum atomic E-state index is -0.0708. The van der Waals surface area contributed by atoms with E-state index in [4.69, 9.17) is 0 Å². The molecule has 0 radical (unpaired) electrons. The molecule has 4 rings (SSSR count). The Bertz CT molecular complexity index is 1020. The lowest BCUT2D eigenvalue weighted by Gasteiger charge is -2.33. The van der Waals surface area contributed by atoms with Gasteiger partial charge in [-0.1, -0.05) is 41.6 Å². The molecule has 1 saturated heterocycles. The van der Waals surface area contributed by atoms with Crippen molar-refractivity contribution in [2.24, 2.45) is 5.92 Å². The highest BCUT2D eigenvalue weighted by Gasteiger charge is 2.28. The molecule has 30 heavy (non-hydrogen) atoms. The van der Waals surface area contributed by atoms with Crippen LogP contribution in [-0.2, 0) is 4.79 Å². The van der Waals surface area contributed by atoms with Gasteiger partial charge in [-0.3, -0.25) is 4.79 Å². The third-order valence-corrected chi connectivity index (χ3v) is 6.25. The van der Waals surface area contributed by atoms with Crippen LogP contribution < -0.4 is 10.2 Å². The predicted octanol–water partition coefficient (Wildman–Crippen LogP) is 5.10. The van der Waals surface area contributed by atoms with Crippen LogP contribution in [0.25, 0.3) is 0 Å². The molecule has 1 aromatic heterocycles. The molecule has 2 aromatic carbocycles. The normalized spacial score (nSPS) is 16.3. The van der Waals surface area contributed by atoms with Crippen LogP contribution in [0.3, 0.4) is 0 Å². The lowest BCUT2D eigenvalue weighted by molar-refractivity contribution is -0.120. The monoisotopic (exact) mass is 418 g/mol. The Kier molecular flexibility index (Phi) is 6.33. The molecule has 1 amide bonds. The first-order valence-electron chi connectivity index (χ1n) is 10.3. The molecule has 0 unspecified atom stereocenters. The summed E-state index contributed by atoms with van der Waals surface area (Å²) in [6.45, 7) is 5.64. The molecule has 3 aromatic rings. The van der Waals surface area contributed by atoms with Gasteiger partial charge in [0.2, 0.25) is 5.91 Å². The predicted molar refractivity (Wildman–Crippen MR) is 122 cm³/mol. The zero-order valence-corrected chi connectivity index (χ0v) is 18.2. The zero-order chi connectivity index (χ0) is 20.9. The maximum Gasteiger partial charge on any atom is 0.229 e. The van der Waals surface area contributed by atoms with Crippen molar-refractivity contribution in [3.05, 3.63) is 72.1 Å². The van der Waals surface area contributed by atoms with E-state index in [0.717, 1.165) is 46.4 Å². The van der Waals surface area contributed by atoms with Crippen LogP contribution in [-0.4, -0.2) is 29.0 Å². The number of hydrogen-bond donors (Lipinski definition) is 1. The number of nitrogens with one attached hydrogen (secondary N) is 1. The molecular weight excluding hydrogens is 392 g/mol. The maximum absolute atomic E-state index is 12.9. The number of piperidine rings is 1. The number of hydrogen-bond acceptors (Lipinski definition) is 5. The van der Waals surface area contributed by atoms with Gasteiger partial charge in [0.25, 0.3) is 0 Å². The topological polar surface area (TPSA) is 58.1 Å². The van der Waals surface area contributed by atoms with E-state index in [-0.39, 0.29) is 11.8 Å². The molecule has 1 atom stereocenters. The van der Waals surface area contributed by atoms with E-state index in [9.17, 15) is 4.79 Å². The summed E-state index contributed by atoms with van der Waals surface area (Å²) in [6, 6.07) is 16.3. The fourth-order valence-electron chi connectivity index (χ4n) is 3.68. The third-order valence-electron chi connectivity index (χ3n) is 5.26. The highest BCUT2D eigenvalue weighted by atomic mass is 32.2. The number of aryl methyl sites for hydroxylation is 2. The van der Waals surface area contributed by atoms with Crippen LogP contribution in [0.5, 0.6) is 0 Å². The first-order chi connectivity index (χ1) is 14.6. The summed E-state index contributed by atoms with van der Waals surface area (Å²) in [5, 5.41) is 3.95. The van der Waals surface area contributed by atoms with Gasteiger partial charge in [0.1, 0.15) is 5.03 Å². The van der Waals surface area contributed by atoms with E-state index < -0.39 is 0 Å². The Hall–Kier alpha value is -2.86. The Labute approximate surface area is 181 Å². The minimum Gasteiger partial charge on any atom is -0.354 e. The molecule has 1 aliphatic rings. The highest BCUT2D eigenvalue weighted by molar-refractivity contribution is 7.99. The van der Waals surface area contributed by atoms with E-state index in [1.165, 1.54) is 5.56 Å².